The second-order valence-electron chi connectivity index (χ2n) is 11.5. The molecule has 2 fully saturated rings. The molecule has 6 rings (SSSR count). The van der Waals surface area contributed by atoms with E-state index in [1.807, 2.05) is 35.8 Å². The van der Waals surface area contributed by atoms with Crippen molar-refractivity contribution in [2.75, 3.05) is 18.0 Å². The SMILES string of the molecule is CC#CCn1c(N2CCC[C@@H](N=CC3CCCCC3)C2)nc2c1c(=O)n(Cc1nc(C)c3ccccc3n1)c(=O)n2C. The van der Waals surface area contributed by atoms with Gasteiger partial charge in [-0.1, -0.05) is 43.4 Å². The van der Waals surface area contributed by atoms with Crippen LogP contribution in [-0.4, -0.2) is 54.0 Å². The van der Waals surface area contributed by atoms with Gasteiger partial charge >= 0.3 is 5.69 Å². The Bertz CT molecular complexity index is 1830. The van der Waals surface area contributed by atoms with Crippen LogP contribution in [-0.2, 0) is 20.1 Å². The number of fused-ring (bicyclic) bond motifs is 2. The summed E-state index contributed by atoms with van der Waals surface area (Å²) in [4.78, 5) is 48.9. The average molecular weight is 567 g/mol. The lowest BCUT2D eigenvalue weighted by atomic mass is 9.90. The third kappa shape index (κ3) is 5.36. The van der Waals surface area contributed by atoms with Gasteiger partial charge in [0, 0.05) is 37.4 Å². The quantitative estimate of drug-likeness (QED) is 0.260. The van der Waals surface area contributed by atoms with Gasteiger partial charge in [-0.25, -0.2) is 14.8 Å². The van der Waals surface area contributed by atoms with Gasteiger partial charge in [0.2, 0.25) is 5.95 Å². The minimum atomic E-state index is -0.451. The monoisotopic (exact) mass is 566 g/mol. The number of rotatable bonds is 6. The normalized spacial score (nSPS) is 18.2. The molecule has 1 atom stereocenters. The molecule has 1 aromatic carbocycles. The standard InChI is InChI=1S/C32H38N8O2/c1-4-5-18-39-28-29(36-31(39)38-17-11-14-24(20-38)33-19-23-12-7-6-8-13-23)37(3)32(42)40(30(28)41)21-27-34-22(2)25-15-9-10-16-26(25)35-27/h9-10,15-16,19,23-24H,6-8,11-14,17-18,20-21H2,1-3H3/t24-/m1/s1. The molecule has 0 N–H and O–H groups in total. The fraction of sp³-hybridized carbons (Fsp3) is 0.500. The number of imidazole rings is 1. The van der Waals surface area contributed by atoms with E-state index in [0.29, 0.717) is 35.4 Å². The van der Waals surface area contributed by atoms with Crippen molar-refractivity contribution in [3.05, 3.63) is 56.6 Å². The molecule has 0 spiro atoms. The van der Waals surface area contributed by atoms with Gasteiger partial charge in [0.15, 0.2) is 11.2 Å². The highest BCUT2D eigenvalue weighted by atomic mass is 16.2. The van der Waals surface area contributed by atoms with Gasteiger partial charge in [0.1, 0.15) is 5.82 Å². The summed E-state index contributed by atoms with van der Waals surface area (Å²) in [5.41, 5.74) is 1.44. The summed E-state index contributed by atoms with van der Waals surface area (Å²) >= 11 is 0. The summed E-state index contributed by atoms with van der Waals surface area (Å²) < 4.78 is 4.52. The van der Waals surface area contributed by atoms with Crippen LogP contribution >= 0.6 is 0 Å². The highest BCUT2D eigenvalue weighted by Crippen LogP contribution is 2.26. The second kappa shape index (κ2) is 11.9. The van der Waals surface area contributed by atoms with Crippen molar-refractivity contribution in [2.45, 2.75) is 77.9 Å². The molecule has 218 valence electrons. The summed E-state index contributed by atoms with van der Waals surface area (Å²) in [6.45, 7) is 5.49. The molecule has 4 aromatic rings. The van der Waals surface area contributed by atoms with Crippen LogP contribution in [0.2, 0.25) is 0 Å². The topological polar surface area (TPSA) is 103 Å². The number of anilines is 1. The molecule has 0 bridgehead atoms. The molecule has 0 radical (unpaired) electrons. The third-order valence-corrected chi connectivity index (χ3v) is 8.60. The fourth-order valence-electron chi connectivity index (χ4n) is 6.34. The smallest absolute Gasteiger partial charge is 0.332 e. The summed E-state index contributed by atoms with van der Waals surface area (Å²) in [6.07, 6.45) is 10.6. The summed E-state index contributed by atoms with van der Waals surface area (Å²) in [5.74, 6) is 7.73. The maximum absolute atomic E-state index is 14.0. The largest absolute Gasteiger partial charge is 0.340 e. The molecule has 2 aliphatic rings. The Hall–Kier alpha value is -4.26. The van der Waals surface area contributed by atoms with Crippen LogP contribution in [0.3, 0.4) is 0 Å². The van der Waals surface area contributed by atoms with E-state index < -0.39 is 11.2 Å². The zero-order valence-electron chi connectivity index (χ0n) is 24.7. The predicted molar refractivity (Wildman–Crippen MR) is 166 cm³/mol. The summed E-state index contributed by atoms with van der Waals surface area (Å²) in [6, 6.07) is 7.91. The zero-order chi connectivity index (χ0) is 29.2. The molecule has 0 amide bonds. The average Bonchev–Trinajstić information content (AvgIpc) is 3.40. The number of piperidine rings is 1. The molecule has 10 nitrogen and oxygen atoms in total. The Morgan fingerprint density at radius 1 is 1.02 bits per heavy atom. The van der Waals surface area contributed by atoms with E-state index >= 15 is 0 Å². The molecular formula is C32H38N8O2. The van der Waals surface area contributed by atoms with Crippen molar-refractivity contribution < 1.29 is 0 Å². The molecule has 1 aliphatic carbocycles. The first-order valence-corrected chi connectivity index (χ1v) is 15.0. The lowest BCUT2D eigenvalue weighted by Gasteiger charge is -2.32. The third-order valence-electron chi connectivity index (χ3n) is 8.60. The van der Waals surface area contributed by atoms with Crippen molar-refractivity contribution in [3.8, 4) is 11.8 Å². The van der Waals surface area contributed by atoms with Crippen LogP contribution in [0, 0.1) is 24.7 Å². The Morgan fingerprint density at radius 2 is 1.83 bits per heavy atom. The Labute approximate surface area is 245 Å². The van der Waals surface area contributed by atoms with Crippen LogP contribution in [0.1, 0.15) is 63.4 Å². The lowest BCUT2D eigenvalue weighted by molar-refractivity contribution is 0.439. The van der Waals surface area contributed by atoms with E-state index in [1.165, 1.54) is 41.2 Å². The fourth-order valence-corrected chi connectivity index (χ4v) is 6.34. The van der Waals surface area contributed by atoms with E-state index in [1.54, 1.807) is 14.0 Å². The molecule has 3 aromatic heterocycles. The Kier molecular flexibility index (Phi) is 7.92. The molecule has 1 saturated heterocycles. The van der Waals surface area contributed by atoms with Crippen molar-refractivity contribution in [3.63, 3.8) is 0 Å². The summed E-state index contributed by atoms with van der Waals surface area (Å²) in [5, 5.41) is 0.945. The highest BCUT2D eigenvalue weighted by molar-refractivity contribution is 5.80. The van der Waals surface area contributed by atoms with E-state index in [-0.39, 0.29) is 12.6 Å². The van der Waals surface area contributed by atoms with Gasteiger partial charge < -0.3 is 4.90 Å². The van der Waals surface area contributed by atoms with Crippen molar-refractivity contribution in [1.29, 1.82) is 0 Å². The van der Waals surface area contributed by atoms with Crippen LogP contribution in [0.4, 0.5) is 5.95 Å². The van der Waals surface area contributed by atoms with Gasteiger partial charge in [-0.05, 0) is 51.5 Å². The molecule has 10 heteroatoms. The van der Waals surface area contributed by atoms with Gasteiger partial charge in [-0.3, -0.25) is 23.5 Å². The van der Waals surface area contributed by atoms with E-state index in [0.717, 1.165) is 42.5 Å². The maximum Gasteiger partial charge on any atom is 0.332 e. The number of aromatic nitrogens is 6. The molecule has 42 heavy (non-hydrogen) atoms. The molecule has 4 heterocycles. The number of benzene rings is 1. The highest BCUT2D eigenvalue weighted by Gasteiger charge is 2.27. The van der Waals surface area contributed by atoms with Crippen LogP contribution in [0.25, 0.3) is 22.1 Å². The lowest BCUT2D eigenvalue weighted by Crippen LogP contribution is -2.40. The molecular weight excluding hydrogens is 528 g/mol. The number of hydrogen-bond acceptors (Lipinski definition) is 7. The minimum Gasteiger partial charge on any atom is -0.340 e. The Morgan fingerprint density at radius 3 is 2.64 bits per heavy atom. The van der Waals surface area contributed by atoms with Crippen LogP contribution in [0.15, 0.2) is 38.8 Å². The van der Waals surface area contributed by atoms with Crippen LogP contribution in [0.5, 0.6) is 0 Å². The van der Waals surface area contributed by atoms with Gasteiger partial charge in [-0.2, -0.15) is 4.98 Å². The first-order valence-electron chi connectivity index (χ1n) is 15.0. The van der Waals surface area contributed by atoms with Crippen molar-refractivity contribution in [1.82, 2.24) is 28.7 Å². The van der Waals surface area contributed by atoms with E-state index in [9.17, 15) is 9.59 Å². The summed E-state index contributed by atoms with van der Waals surface area (Å²) in [7, 11) is 1.66. The van der Waals surface area contributed by atoms with Crippen molar-refractivity contribution >= 4 is 34.2 Å². The van der Waals surface area contributed by atoms with Gasteiger partial charge in [0.25, 0.3) is 5.56 Å². The number of aliphatic imine (C=N–C) groups is 1. The van der Waals surface area contributed by atoms with Crippen LogP contribution < -0.4 is 16.1 Å². The van der Waals surface area contributed by atoms with Gasteiger partial charge in [0.05, 0.1) is 24.6 Å². The second-order valence-corrected chi connectivity index (χ2v) is 11.5. The number of para-hydroxylation sites is 1. The number of hydrogen-bond donors (Lipinski definition) is 0. The molecule has 0 unspecified atom stereocenters. The van der Waals surface area contributed by atoms with E-state index in [4.69, 9.17) is 9.98 Å². The number of nitrogens with zero attached hydrogens (tertiary/aromatic N) is 8. The zero-order valence-corrected chi connectivity index (χ0v) is 24.7. The first-order chi connectivity index (χ1) is 20.4. The number of aryl methyl sites for hydroxylation is 2. The van der Waals surface area contributed by atoms with Gasteiger partial charge in [-0.15, -0.1) is 5.92 Å². The first kappa shape index (κ1) is 27.9. The predicted octanol–water partition coefficient (Wildman–Crippen LogP) is 3.84. The Balaban J connectivity index is 1.39. The van der Waals surface area contributed by atoms with Crippen molar-refractivity contribution in [2.24, 2.45) is 18.0 Å². The molecule has 1 saturated carbocycles. The maximum atomic E-state index is 14.0. The van der Waals surface area contributed by atoms with E-state index in [2.05, 4.69) is 32.9 Å². The molecule has 1 aliphatic heterocycles. The minimum absolute atomic E-state index is 0.0330.